The first-order valence-electron chi connectivity index (χ1n) is 6.21. The summed E-state index contributed by atoms with van der Waals surface area (Å²) in [5.74, 6) is 1.22. The predicted molar refractivity (Wildman–Crippen MR) is 77.4 cm³/mol. The number of oxazole rings is 1. The summed E-state index contributed by atoms with van der Waals surface area (Å²) in [6.45, 7) is 3.39. The number of nitrogens with zero attached hydrogens (tertiary/aromatic N) is 1. The second-order valence-electron chi connectivity index (χ2n) is 4.56. The van der Waals surface area contributed by atoms with Gasteiger partial charge in [-0.25, -0.2) is 13.4 Å². The van der Waals surface area contributed by atoms with Crippen molar-refractivity contribution in [3.8, 4) is 5.75 Å². The Hall–Kier alpha value is -2.06. The first-order valence-corrected chi connectivity index (χ1v) is 7.70. The van der Waals surface area contributed by atoms with Crippen LogP contribution in [0.3, 0.4) is 0 Å². The van der Waals surface area contributed by atoms with Crippen LogP contribution in [-0.2, 0) is 10.0 Å². The fraction of sp³-hybridized carbons (Fsp3) is 0.308. The highest BCUT2D eigenvalue weighted by molar-refractivity contribution is 7.89. The Morgan fingerprint density at radius 3 is 2.71 bits per heavy atom. The van der Waals surface area contributed by atoms with Gasteiger partial charge in [0, 0.05) is 6.07 Å². The van der Waals surface area contributed by atoms with E-state index in [0.29, 0.717) is 23.1 Å². The van der Waals surface area contributed by atoms with Crippen molar-refractivity contribution in [1.82, 2.24) is 9.71 Å². The van der Waals surface area contributed by atoms with Gasteiger partial charge in [0.25, 0.3) is 0 Å². The van der Waals surface area contributed by atoms with Crippen molar-refractivity contribution < 1.29 is 17.6 Å². The van der Waals surface area contributed by atoms with Gasteiger partial charge in [0.1, 0.15) is 11.5 Å². The SMILES string of the molecule is COc1cc(S(=O)(=O)NC(C)c2ncc(C)o2)ccc1N. The normalized spacial score (nSPS) is 13.1. The van der Waals surface area contributed by atoms with Crippen LogP contribution >= 0.6 is 0 Å². The molecule has 8 heteroatoms. The topological polar surface area (TPSA) is 107 Å². The summed E-state index contributed by atoms with van der Waals surface area (Å²) in [6, 6.07) is 3.67. The van der Waals surface area contributed by atoms with Gasteiger partial charge < -0.3 is 14.9 Å². The Morgan fingerprint density at radius 2 is 2.14 bits per heavy atom. The van der Waals surface area contributed by atoms with Crippen molar-refractivity contribution in [2.45, 2.75) is 24.8 Å². The number of ether oxygens (including phenoxy) is 1. The molecule has 3 N–H and O–H groups in total. The minimum Gasteiger partial charge on any atom is -0.495 e. The van der Waals surface area contributed by atoms with Crippen LogP contribution in [0.15, 0.2) is 33.7 Å². The lowest BCUT2D eigenvalue weighted by Gasteiger charge is -2.12. The molecule has 0 bridgehead atoms. The number of hydrogen-bond donors (Lipinski definition) is 2. The van der Waals surface area contributed by atoms with Crippen LogP contribution in [0.25, 0.3) is 0 Å². The molecule has 0 amide bonds. The molecule has 1 aromatic heterocycles. The maximum Gasteiger partial charge on any atom is 0.241 e. The van der Waals surface area contributed by atoms with Crippen molar-refractivity contribution >= 4 is 15.7 Å². The Bertz CT molecular complexity index is 740. The van der Waals surface area contributed by atoms with Crippen LogP contribution in [-0.4, -0.2) is 20.5 Å². The highest BCUT2D eigenvalue weighted by Crippen LogP contribution is 2.25. The minimum absolute atomic E-state index is 0.0590. The van der Waals surface area contributed by atoms with Crippen molar-refractivity contribution in [1.29, 1.82) is 0 Å². The summed E-state index contributed by atoms with van der Waals surface area (Å²) < 4.78 is 37.5. The highest BCUT2D eigenvalue weighted by atomic mass is 32.2. The largest absolute Gasteiger partial charge is 0.495 e. The number of sulfonamides is 1. The van der Waals surface area contributed by atoms with Gasteiger partial charge in [-0.05, 0) is 26.0 Å². The molecular weight excluding hydrogens is 294 g/mol. The Morgan fingerprint density at radius 1 is 1.43 bits per heavy atom. The van der Waals surface area contributed by atoms with Gasteiger partial charge >= 0.3 is 0 Å². The number of hydrogen-bond acceptors (Lipinski definition) is 6. The van der Waals surface area contributed by atoms with Crippen LogP contribution < -0.4 is 15.2 Å². The number of anilines is 1. The van der Waals surface area contributed by atoms with E-state index in [9.17, 15) is 8.42 Å². The molecule has 0 saturated carbocycles. The number of nitrogen functional groups attached to an aromatic ring is 1. The van der Waals surface area contributed by atoms with Gasteiger partial charge in [0.2, 0.25) is 15.9 Å². The van der Waals surface area contributed by atoms with Crippen LogP contribution in [0.5, 0.6) is 5.75 Å². The van der Waals surface area contributed by atoms with E-state index in [2.05, 4.69) is 9.71 Å². The van der Waals surface area contributed by atoms with E-state index in [1.54, 1.807) is 13.8 Å². The molecule has 7 nitrogen and oxygen atoms in total. The molecule has 114 valence electrons. The average Bonchev–Trinajstić information content (AvgIpc) is 2.85. The van der Waals surface area contributed by atoms with E-state index in [4.69, 9.17) is 14.9 Å². The number of aromatic nitrogens is 1. The van der Waals surface area contributed by atoms with Crippen LogP contribution in [0, 0.1) is 6.92 Å². The summed E-state index contributed by atoms with van der Waals surface area (Å²) >= 11 is 0. The zero-order valence-corrected chi connectivity index (χ0v) is 12.8. The second kappa shape index (κ2) is 5.74. The Kier molecular flexibility index (Phi) is 4.19. The molecule has 0 fully saturated rings. The molecule has 2 aromatic rings. The van der Waals surface area contributed by atoms with E-state index >= 15 is 0 Å². The lowest BCUT2D eigenvalue weighted by atomic mass is 10.3. The third-order valence-corrected chi connectivity index (χ3v) is 4.40. The molecular formula is C13H17N3O4S. The highest BCUT2D eigenvalue weighted by Gasteiger charge is 2.22. The van der Waals surface area contributed by atoms with Gasteiger partial charge in [0.05, 0.1) is 29.9 Å². The second-order valence-corrected chi connectivity index (χ2v) is 6.27. The zero-order valence-electron chi connectivity index (χ0n) is 12.0. The van der Waals surface area contributed by atoms with Gasteiger partial charge in [0.15, 0.2) is 0 Å². The lowest BCUT2D eigenvalue weighted by Crippen LogP contribution is -2.27. The Balaban J connectivity index is 2.26. The van der Waals surface area contributed by atoms with E-state index in [0.717, 1.165) is 0 Å². The number of nitrogens with one attached hydrogen (secondary N) is 1. The molecule has 1 heterocycles. The van der Waals surface area contributed by atoms with Gasteiger partial charge in [-0.1, -0.05) is 0 Å². The molecule has 0 aliphatic heterocycles. The monoisotopic (exact) mass is 311 g/mol. The summed E-state index contributed by atoms with van der Waals surface area (Å²) in [7, 11) is -2.31. The summed E-state index contributed by atoms with van der Waals surface area (Å²) in [5, 5.41) is 0. The fourth-order valence-corrected chi connectivity index (χ4v) is 2.99. The van der Waals surface area contributed by atoms with Crippen molar-refractivity contribution in [3.63, 3.8) is 0 Å². The molecule has 0 saturated heterocycles. The van der Waals surface area contributed by atoms with E-state index in [-0.39, 0.29) is 4.90 Å². The maximum absolute atomic E-state index is 12.3. The lowest BCUT2D eigenvalue weighted by molar-refractivity contribution is 0.415. The first kappa shape index (κ1) is 15.3. The van der Waals surface area contributed by atoms with Gasteiger partial charge in [-0.15, -0.1) is 0 Å². The number of rotatable bonds is 5. The van der Waals surface area contributed by atoms with E-state index in [1.807, 2.05) is 0 Å². The molecule has 1 unspecified atom stereocenters. The number of methoxy groups -OCH3 is 1. The fourth-order valence-electron chi connectivity index (χ4n) is 1.78. The average molecular weight is 311 g/mol. The van der Waals surface area contributed by atoms with Crippen molar-refractivity contribution in [2.24, 2.45) is 0 Å². The number of aryl methyl sites for hydroxylation is 1. The van der Waals surface area contributed by atoms with Crippen molar-refractivity contribution in [2.75, 3.05) is 12.8 Å². The number of nitrogens with two attached hydrogens (primary N) is 1. The van der Waals surface area contributed by atoms with Crippen LogP contribution in [0.4, 0.5) is 5.69 Å². The molecule has 0 spiro atoms. The summed E-state index contributed by atoms with van der Waals surface area (Å²) in [5.41, 5.74) is 6.04. The van der Waals surface area contributed by atoms with Crippen molar-refractivity contribution in [3.05, 3.63) is 36.0 Å². The maximum atomic E-state index is 12.3. The third-order valence-electron chi connectivity index (χ3n) is 2.86. The quantitative estimate of drug-likeness (QED) is 0.812. The molecule has 1 aromatic carbocycles. The van der Waals surface area contributed by atoms with Gasteiger partial charge in [-0.3, -0.25) is 0 Å². The van der Waals surface area contributed by atoms with Crippen LogP contribution in [0.2, 0.25) is 0 Å². The first-order chi connectivity index (χ1) is 9.83. The molecule has 0 aliphatic rings. The standard InChI is InChI=1S/C13H17N3O4S/c1-8-7-15-13(20-8)9(2)16-21(17,18)10-4-5-11(14)12(6-10)19-3/h4-7,9,16H,14H2,1-3H3. The number of benzene rings is 1. The molecule has 0 aliphatic carbocycles. The molecule has 21 heavy (non-hydrogen) atoms. The smallest absolute Gasteiger partial charge is 0.241 e. The minimum atomic E-state index is -3.73. The summed E-state index contributed by atoms with van der Waals surface area (Å²) in [6.07, 6.45) is 1.53. The van der Waals surface area contributed by atoms with Crippen LogP contribution in [0.1, 0.15) is 24.6 Å². The Labute approximate surface area is 123 Å². The predicted octanol–water partition coefficient (Wildman–Crippen LogP) is 1.61. The zero-order chi connectivity index (χ0) is 15.6. The summed E-state index contributed by atoms with van der Waals surface area (Å²) in [4.78, 5) is 4.06. The third kappa shape index (κ3) is 3.34. The van der Waals surface area contributed by atoms with E-state index < -0.39 is 16.1 Å². The van der Waals surface area contributed by atoms with Gasteiger partial charge in [-0.2, -0.15) is 4.72 Å². The molecule has 2 rings (SSSR count). The molecule has 0 radical (unpaired) electrons. The van der Waals surface area contributed by atoms with E-state index in [1.165, 1.54) is 31.5 Å². The molecule has 1 atom stereocenters.